The number of para-hydroxylation sites is 1. The predicted octanol–water partition coefficient (Wildman–Crippen LogP) is 8.43. The highest BCUT2D eigenvalue weighted by Gasteiger charge is 2.20. The minimum atomic E-state index is -0.0699. The highest BCUT2D eigenvalue weighted by molar-refractivity contribution is 6.21. The summed E-state index contributed by atoms with van der Waals surface area (Å²) in [6, 6.07) is 43.2. The third-order valence-electron chi connectivity index (χ3n) is 8.27. The standard InChI is InChI=1S/C38H26N4O/c1-41-33-21-20-26(22-34(33)42(38(41)43)28-14-6-3-7-15-28)35-29-16-8-10-18-31(29)36(32-19-11-9-17-30(32)35)37-39-23-27(24-40-37)25-12-4-2-5-13-25/h2-24H,1H3. The maximum atomic E-state index is 13.4. The lowest BCUT2D eigenvalue weighted by Crippen LogP contribution is -2.20. The predicted molar refractivity (Wildman–Crippen MR) is 175 cm³/mol. The van der Waals surface area contributed by atoms with Crippen LogP contribution >= 0.6 is 0 Å². The Labute approximate surface area is 248 Å². The first-order valence-electron chi connectivity index (χ1n) is 14.3. The molecule has 0 N–H and O–H groups in total. The van der Waals surface area contributed by atoms with Gasteiger partial charge in [0.25, 0.3) is 0 Å². The third kappa shape index (κ3) is 3.97. The summed E-state index contributed by atoms with van der Waals surface area (Å²) < 4.78 is 3.50. The van der Waals surface area contributed by atoms with Crippen molar-refractivity contribution in [1.29, 1.82) is 0 Å². The van der Waals surface area contributed by atoms with E-state index in [0.29, 0.717) is 5.82 Å². The SMILES string of the molecule is Cn1c(=O)n(-c2ccccc2)c2cc(-c3c4ccccc4c(-c4ncc(-c5ccccc5)cn4)c4ccccc34)ccc21. The molecular formula is C38H26N4O. The van der Waals surface area contributed by atoms with Crippen molar-refractivity contribution in [2.45, 2.75) is 0 Å². The Morgan fingerprint density at radius 1 is 0.512 bits per heavy atom. The van der Waals surface area contributed by atoms with Crippen LogP contribution in [0.1, 0.15) is 0 Å². The lowest BCUT2D eigenvalue weighted by atomic mass is 9.88. The summed E-state index contributed by atoms with van der Waals surface area (Å²) in [4.78, 5) is 23.1. The largest absolute Gasteiger partial charge is 0.333 e. The van der Waals surface area contributed by atoms with Crippen molar-refractivity contribution in [1.82, 2.24) is 19.1 Å². The van der Waals surface area contributed by atoms with Gasteiger partial charge in [-0.25, -0.2) is 14.8 Å². The Bertz CT molecular complexity index is 2300. The van der Waals surface area contributed by atoms with Gasteiger partial charge in [0.2, 0.25) is 0 Å². The van der Waals surface area contributed by atoms with Crippen molar-refractivity contribution in [3.63, 3.8) is 0 Å². The van der Waals surface area contributed by atoms with Gasteiger partial charge in [-0.05, 0) is 62.5 Å². The highest BCUT2D eigenvalue weighted by Crippen LogP contribution is 2.43. The van der Waals surface area contributed by atoms with E-state index in [-0.39, 0.29) is 5.69 Å². The smallest absolute Gasteiger partial charge is 0.295 e. The van der Waals surface area contributed by atoms with Gasteiger partial charge in [-0.15, -0.1) is 0 Å². The molecule has 0 fully saturated rings. The van der Waals surface area contributed by atoms with E-state index in [4.69, 9.17) is 9.97 Å². The molecule has 204 valence electrons. The minimum absolute atomic E-state index is 0.0699. The zero-order valence-corrected chi connectivity index (χ0v) is 23.5. The Hall–Kier alpha value is -5.81. The number of benzene rings is 6. The van der Waals surface area contributed by atoms with Crippen molar-refractivity contribution >= 4 is 32.6 Å². The lowest BCUT2D eigenvalue weighted by Gasteiger charge is -2.17. The molecule has 6 aromatic carbocycles. The van der Waals surface area contributed by atoms with Crippen LogP contribution in [0, 0.1) is 0 Å². The van der Waals surface area contributed by atoms with E-state index in [1.807, 2.05) is 74.0 Å². The number of nitrogens with zero attached hydrogens (tertiary/aromatic N) is 4. The Kier molecular flexibility index (Phi) is 5.76. The van der Waals surface area contributed by atoms with Gasteiger partial charge < -0.3 is 0 Å². The van der Waals surface area contributed by atoms with E-state index in [1.165, 1.54) is 0 Å². The first kappa shape index (κ1) is 24.9. The molecule has 2 heterocycles. The molecule has 5 heteroatoms. The maximum absolute atomic E-state index is 13.4. The van der Waals surface area contributed by atoms with Crippen molar-refractivity contribution in [2.75, 3.05) is 0 Å². The van der Waals surface area contributed by atoms with Crippen LogP contribution in [0.3, 0.4) is 0 Å². The molecule has 43 heavy (non-hydrogen) atoms. The second-order valence-electron chi connectivity index (χ2n) is 10.7. The molecule has 0 radical (unpaired) electrons. The summed E-state index contributed by atoms with van der Waals surface area (Å²) in [7, 11) is 1.83. The maximum Gasteiger partial charge on any atom is 0.333 e. The molecule has 0 atom stereocenters. The molecule has 8 rings (SSSR count). The van der Waals surface area contributed by atoms with Crippen molar-refractivity contribution in [2.24, 2.45) is 7.05 Å². The quantitative estimate of drug-likeness (QED) is 0.205. The molecule has 0 amide bonds. The molecule has 5 nitrogen and oxygen atoms in total. The molecule has 0 spiro atoms. The number of aryl methyl sites for hydroxylation is 1. The summed E-state index contributed by atoms with van der Waals surface area (Å²) in [6.45, 7) is 0. The van der Waals surface area contributed by atoms with Gasteiger partial charge in [-0.1, -0.05) is 103 Å². The molecule has 0 saturated heterocycles. The zero-order valence-electron chi connectivity index (χ0n) is 23.5. The normalized spacial score (nSPS) is 11.5. The first-order chi connectivity index (χ1) is 21.2. The molecular weight excluding hydrogens is 528 g/mol. The van der Waals surface area contributed by atoms with E-state index in [0.717, 1.165) is 66.1 Å². The fraction of sp³-hybridized carbons (Fsp3) is 0.0263. The van der Waals surface area contributed by atoms with Gasteiger partial charge in [0.05, 0.1) is 16.7 Å². The van der Waals surface area contributed by atoms with Gasteiger partial charge >= 0.3 is 5.69 Å². The molecule has 0 aliphatic rings. The second kappa shape index (κ2) is 9.93. The van der Waals surface area contributed by atoms with Crippen molar-refractivity contribution < 1.29 is 0 Å². The van der Waals surface area contributed by atoms with E-state index in [9.17, 15) is 4.79 Å². The Balaban J connectivity index is 1.39. The summed E-state index contributed by atoms with van der Waals surface area (Å²) in [6.07, 6.45) is 3.81. The molecule has 0 saturated carbocycles. The molecule has 0 aliphatic heterocycles. The van der Waals surface area contributed by atoms with Crippen LogP contribution in [0.4, 0.5) is 0 Å². The van der Waals surface area contributed by atoms with Gasteiger partial charge in [0.15, 0.2) is 5.82 Å². The van der Waals surface area contributed by atoms with Crippen LogP contribution in [0.15, 0.2) is 145 Å². The van der Waals surface area contributed by atoms with Crippen molar-refractivity contribution in [3.8, 4) is 39.3 Å². The molecule has 2 aromatic heterocycles. The van der Waals surface area contributed by atoms with Gasteiger partial charge in [-0.3, -0.25) is 9.13 Å². The van der Waals surface area contributed by atoms with Crippen LogP contribution in [-0.2, 0) is 7.05 Å². The van der Waals surface area contributed by atoms with E-state index < -0.39 is 0 Å². The fourth-order valence-corrected chi connectivity index (χ4v) is 6.24. The molecule has 0 aliphatic carbocycles. The van der Waals surface area contributed by atoms with Crippen LogP contribution in [0.5, 0.6) is 0 Å². The van der Waals surface area contributed by atoms with Gasteiger partial charge in [0, 0.05) is 30.6 Å². The summed E-state index contributed by atoms with van der Waals surface area (Å²) in [5, 5.41) is 4.38. The second-order valence-corrected chi connectivity index (χ2v) is 10.7. The lowest BCUT2D eigenvalue weighted by molar-refractivity contribution is 0.846. The van der Waals surface area contributed by atoms with Gasteiger partial charge in [0.1, 0.15) is 0 Å². The average Bonchev–Trinajstić information content (AvgIpc) is 3.32. The minimum Gasteiger partial charge on any atom is -0.295 e. The Morgan fingerprint density at radius 2 is 1.05 bits per heavy atom. The van der Waals surface area contributed by atoms with Crippen LogP contribution in [0.25, 0.3) is 71.9 Å². The van der Waals surface area contributed by atoms with Crippen LogP contribution in [0.2, 0.25) is 0 Å². The summed E-state index contributed by atoms with van der Waals surface area (Å²) >= 11 is 0. The molecule has 0 bridgehead atoms. The average molecular weight is 555 g/mol. The first-order valence-corrected chi connectivity index (χ1v) is 14.3. The number of imidazole rings is 1. The monoisotopic (exact) mass is 554 g/mol. The summed E-state index contributed by atoms with van der Waals surface area (Å²) in [5.74, 6) is 0.690. The summed E-state index contributed by atoms with van der Waals surface area (Å²) in [5.41, 5.74) is 7.77. The van der Waals surface area contributed by atoms with Crippen molar-refractivity contribution in [3.05, 3.63) is 150 Å². The Morgan fingerprint density at radius 3 is 1.65 bits per heavy atom. The number of rotatable bonds is 4. The third-order valence-corrected chi connectivity index (χ3v) is 8.27. The number of fused-ring (bicyclic) bond motifs is 3. The number of hydrogen-bond acceptors (Lipinski definition) is 3. The zero-order chi connectivity index (χ0) is 28.9. The van der Waals surface area contributed by atoms with E-state index >= 15 is 0 Å². The molecule has 8 aromatic rings. The number of aromatic nitrogens is 4. The number of hydrogen-bond donors (Lipinski definition) is 0. The topological polar surface area (TPSA) is 52.7 Å². The van der Waals surface area contributed by atoms with Crippen LogP contribution in [-0.4, -0.2) is 19.1 Å². The van der Waals surface area contributed by atoms with E-state index in [1.54, 1.807) is 9.13 Å². The fourth-order valence-electron chi connectivity index (χ4n) is 6.24. The molecule has 0 unspecified atom stereocenters. The van der Waals surface area contributed by atoms with Crippen LogP contribution < -0.4 is 5.69 Å². The van der Waals surface area contributed by atoms with Gasteiger partial charge in [-0.2, -0.15) is 0 Å². The van der Waals surface area contributed by atoms with E-state index in [2.05, 4.69) is 72.8 Å². The highest BCUT2D eigenvalue weighted by atomic mass is 16.1.